The lowest BCUT2D eigenvalue weighted by Crippen LogP contribution is -2.39. The average Bonchev–Trinajstić information content (AvgIpc) is 3.42. The second-order valence-electron chi connectivity index (χ2n) is 8.46. The number of anilines is 1. The van der Waals surface area contributed by atoms with E-state index in [-0.39, 0.29) is 27.4 Å². The smallest absolute Gasteiger partial charge is 0.489 e. The molecule has 2 heterocycles. The molecule has 0 bridgehead atoms. The van der Waals surface area contributed by atoms with E-state index in [4.69, 9.17) is 16.3 Å². The van der Waals surface area contributed by atoms with Gasteiger partial charge in [-0.2, -0.15) is 21.6 Å². The molecule has 0 N–H and O–H groups in total. The Morgan fingerprint density at radius 1 is 1.18 bits per heavy atom. The number of likely N-dealkylation sites (tertiary alicyclic amines) is 1. The average molecular weight is 590 g/mol. The van der Waals surface area contributed by atoms with Crippen molar-refractivity contribution in [2.45, 2.75) is 43.0 Å². The highest BCUT2D eigenvalue weighted by Gasteiger charge is 2.45. The number of benzene rings is 2. The molecule has 1 aliphatic heterocycles. The van der Waals surface area contributed by atoms with E-state index in [9.17, 15) is 26.4 Å². The summed E-state index contributed by atoms with van der Waals surface area (Å²) in [6, 6.07) is 13.9. The highest BCUT2D eigenvalue weighted by molar-refractivity contribution is 7.92. The summed E-state index contributed by atoms with van der Waals surface area (Å²) in [6.07, 6.45) is -2.99. The van der Waals surface area contributed by atoms with Crippen molar-refractivity contribution in [3.63, 3.8) is 0 Å². The third-order valence-corrected chi connectivity index (χ3v) is 8.68. The van der Waals surface area contributed by atoms with Crippen molar-refractivity contribution >= 4 is 44.1 Å². The lowest BCUT2D eigenvalue weighted by Gasteiger charge is -2.36. The Morgan fingerprint density at radius 3 is 2.45 bits per heavy atom. The van der Waals surface area contributed by atoms with Crippen LogP contribution in [-0.2, 0) is 19.7 Å². The van der Waals surface area contributed by atoms with Crippen molar-refractivity contribution in [3.05, 3.63) is 70.7 Å². The standard InChI is InChI=1S/C24H23ClF3N3O5S2/c1-16(17-5-3-2-4-6-17)30-12-9-18(10-13-30)35-21-8-7-19(15-20(21)25)38(33,34)31(23-29-11-14-37-23)36-22(32)24(26,27)28/h2-8,11,14-16,18H,9-10,12-13H2,1H3/t16-/m0/s1. The molecular formula is C24H23ClF3N3O5S2. The monoisotopic (exact) mass is 589 g/mol. The molecule has 1 saturated heterocycles. The number of carbonyl (C=O) groups excluding carboxylic acids is 1. The normalized spacial score (nSPS) is 16.1. The molecule has 0 aliphatic carbocycles. The van der Waals surface area contributed by atoms with E-state index in [2.05, 4.69) is 33.8 Å². The Morgan fingerprint density at radius 2 is 1.87 bits per heavy atom. The van der Waals surface area contributed by atoms with E-state index in [1.807, 2.05) is 18.2 Å². The number of hydrogen-bond acceptors (Lipinski definition) is 8. The van der Waals surface area contributed by atoms with Crippen LogP contribution in [0.1, 0.15) is 31.4 Å². The molecule has 14 heteroatoms. The quantitative estimate of drug-likeness (QED) is 0.315. The van der Waals surface area contributed by atoms with Gasteiger partial charge in [0.1, 0.15) is 11.9 Å². The molecule has 0 unspecified atom stereocenters. The summed E-state index contributed by atoms with van der Waals surface area (Å²) in [4.78, 5) is 21.1. The zero-order chi connectivity index (χ0) is 27.5. The molecule has 0 amide bonds. The van der Waals surface area contributed by atoms with Gasteiger partial charge in [-0.25, -0.2) is 9.78 Å². The van der Waals surface area contributed by atoms with E-state index in [0.717, 1.165) is 44.3 Å². The van der Waals surface area contributed by atoms with E-state index in [1.54, 1.807) is 0 Å². The maximum Gasteiger partial charge on any atom is 0.493 e. The number of aromatic nitrogens is 1. The van der Waals surface area contributed by atoms with Gasteiger partial charge in [-0.15, -0.1) is 11.3 Å². The fourth-order valence-corrected chi connectivity index (χ4v) is 6.28. The summed E-state index contributed by atoms with van der Waals surface area (Å²) in [5.74, 6) is -2.48. The Balaban J connectivity index is 1.45. The van der Waals surface area contributed by atoms with Crippen molar-refractivity contribution in [1.29, 1.82) is 0 Å². The molecule has 38 heavy (non-hydrogen) atoms. The van der Waals surface area contributed by atoms with Crippen LogP contribution in [0.4, 0.5) is 18.3 Å². The molecule has 1 aliphatic rings. The number of thiazole rings is 1. The maximum atomic E-state index is 13.1. The Bertz CT molecular complexity index is 1350. The number of sulfonamides is 1. The molecule has 2 aromatic carbocycles. The topological polar surface area (TPSA) is 89.0 Å². The number of nitrogens with zero attached hydrogens (tertiary/aromatic N) is 3. The van der Waals surface area contributed by atoms with Gasteiger partial charge in [-0.05, 0) is 43.5 Å². The fourth-order valence-electron chi connectivity index (χ4n) is 3.96. The third kappa shape index (κ3) is 6.40. The zero-order valence-electron chi connectivity index (χ0n) is 20.0. The summed E-state index contributed by atoms with van der Waals surface area (Å²) in [6.45, 7) is 3.73. The molecule has 8 nitrogen and oxygen atoms in total. The van der Waals surface area contributed by atoms with Crippen LogP contribution in [0.2, 0.25) is 5.02 Å². The Kier molecular flexibility index (Phi) is 8.50. The molecule has 3 aromatic rings. The first-order valence-corrected chi connectivity index (χ1v) is 14.2. The second kappa shape index (κ2) is 11.5. The molecular weight excluding hydrogens is 567 g/mol. The van der Waals surface area contributed by atoms with Gasteiger partial charge in [0.15, 0.2) is 0 Å². The molecule has 204 valence electrons. The molecule has 0 saturated carbocycles. The summed E-state index contributed by atoms with van der Waals surface area (Å²) in [7, 11) is -4.80. The van der Waals surface area contributed by atoms with Gasteiger partial charge in [0.2, 0.25) is 5.13 Å². The van der Waals surface area contributed by atoms with Crippen LogP contribution in [0, 0.1) is 0 Å². The van der Waals surface area contributed by atoms with E-state index in [1.165, 1.54) is 17.0 Å². The maximum absolute atomic E-state index is 13.1. The van der Waals surface area contributed by atoms with Gasteiger partial charge < -0.3 is 9.57 Å². The number of halogens is 4. The van der Waals surface area contributed by atoms with Crippen LogP contribution in [0.25, 0.3) is 0 Å². The van der Waals surface area contributed by atoms with Crippen LogP contribution in [0.3, 0.4) is 0 Å². The molecule has 0 radical (unpaired) electrons. The summed E-state index contributed by atoms with van der Waals surface area (Å²) < 4.78 is 70.4. The molecule has 0 spiro atoms. The number of alkyl halides is 3. The summed E-state index contributed by atoms with van der Waals surface area (Å²) in [5, 5.41) is 0.762. The van der Waals surface area contributed by atoms with Crippen molar-refractivity contribution in [1.82, 2.24) is 9.88 Å². The number of ether oxygens (including phenoxy) is 1. The predicted molar refractivity (Wildman–Crippen MR) is 135 cm³/mol. The van der Waals surface area contributed by atoms with Gasteiger partial charge in [0.05, 0.1) is 9.92 Å². The number of hydrogen-bond donors (Lipinski definition) is 0. The molecule has 1 atom stereocenters. The Labute approximate surface area is 226 Å². The minimum absolute atomic E-state index is 0.0626. The van der Waals surface area contributed by atoms with Gasteiger partial charge >= 0.3 is 12.1 Å². The third-order valence-electron chi connectivity index (χ3n) is 5.99. The van der Waals surface area contributed by atoms with Gasteiger partial charge in [0.25, 0.3) is 10.0 Å². The van der Waals surface area contributed by atoms with Gasteiger partial charge in [-0.3, -0.25) is 4.90 Å². The van der Waals surface area contributed by atoms with E-state index >= 15 is 0 Å². The lowest BCUT2D eigenvalue weighted by molar-refractivity contribution is -0.199. The molecule has 1 aromatic heterocycles. The predicted octanol–water partition coefficient (Wildman–Crippen LogP) is 5.62. The van der Waals surface area contributed by atoms with Crippen LogP contribution in [0.5, 0.6) is 5.75 Å². The largest absolute Gasteiger partial charge is 0.493 e. The fraction of sp³-hybridized carbons (Fsp3) is 0.333. The van der Waals surface area contributed by atoms with E-state index in [0.29, 0.717) is 11.3 Å². The van der Waals surface area contributed by atoms with Gasteiger partial charge in [-0.1, -0.05) is 46.4 Å². The summed E-state index contributed by atoms with van der Waals surface area (Å²) in [5.41, 5.74) is 1.22. The van der Waals surface area contributed by atoms with Gasteiger partial charge in [0, 0.05) is 30.7 Å². The second-order valence-corrected chi connectivity index (χ2v) is 11.5. The van der Waals surface area contributed by atoms with Crippen LogP contribution >= 0.6 is 22.9 Å². The Hall–Kier alpha value is -2.87. The van der Waals surface area contributed by atoms with Crippen molar-refractivity contribution in [2.24, 2.45) is 0 Å². The molecule has 1 fully saturated rings. The SMILES string of the molecule is C[C@@H](c1ccccc1)N1CCC(Oc2ccc(S(=O)(=O)N(OC(=O)C(F)(F)F)c3nccs3)cc2Cl)CC1. The van der Waals surface area contributed by atoms with E-state index < -0.39 is 32.2 Å². The van der Waals surface area contributed by atoms with Crippen molar-refractivity contribution in [3.8, 4) is 5.75 Å². The van der Waals surface area contributed by atoms with Crippen molar-refractivity contribution in [2.75, 3.05) is 17.6 Å². The molecule has 4 rings (SSSR count). The van der Waals surface area contributed by atoms with Crippen LogP contribution < -0.4 is 9.21 Å². The number of rotatable bonds is 8. The first kappa shape index (κ1) is 28.1. The number of piperidine rings is 1. The minimum atomic E-state index is -5.42. The minimum Gasteiger partial charge on any atom is -0.489 e. The van der Waals surface area contributed by atoms with Crippen LogP contribution in [-0.4, -0.2) is 49.6 Å². The lowest BCUT2D eigenvalue weighted by atomic mass is 10.0. The zero-order valence-corrected chi connectivity index (χ0v) is 22.4. The van der Waals surface area contributed by atoms with Crippen LogP contribution in [0.15, 0.2) is 65.0 Å². The highest BCUT2D eigenvalue weighted by Crippen LogP contribution is 2.34. The first-order chi connectivity index (χ1) is 18.0. The number of carbonyl (C=O) groups is 1. The summed E-state index contributed by atoms with van der Waals surface area (Å²) >= 11 is 6.97. The first-order valence-electron chi connectivity index (χ1n) is 11.5. The highest BCUT2D eigenvalue weighted by atomic mass is 35.5. The van der Waals surface area contributed by atoms with Crippen molar-refractivity contribution < 1.29 is 36.0 Å².